The van der Waals surface area contributed by atoms with Crippen molar-refractivity contribution in [2.45, 2.75) is 17.7 Å². The SMILES string of the molecule is N=C(N)N1CCC(C(=O)N2CCN(S(=O)(=O)c3ccc4cc(Cl)ccc4c3)CC2)CC1. The van der Waals surface area contributed by atoms with Gasteiger partial charge in [0, 0.05) is 50.2 Å². The number of rotatable bonds is 3. The molecule has 0 unspecified atom stereocenters. The highest BCUT2D eigenvalue weighted by Crippen LogP contribution is 2.26. The van der Waals surface area contributed by atoms with E-state index in [-0.39, 0.29) is 35.8 Å². The minimum absolute atomic E-state index is 0.0431. The number of carbonyl (C=O) groups is 1. The van der Waals surface area contributed by atoms with Crippen LogP contribution in [-0.4, -0.2) is 73.7 Å². The molecule has 2 aromatic carbocycles. The predicted molar refractivity (Wildman–Crippen MR) is 121 cm³/mol. The number of carbonyl (C=O) groups excluding carboxylic acids is 1. The lowest BCUT2D eigenvalue weighted by molar-refractivity contribution is -0.138. The monoisotopic (exact) mass is 463 g/mol. The summed E-state index contributed by atoms with van der Waals surface area (Å²) in [6, 6.07) is 10.4. The maximum atomic E-state index is 13.1. The topological polar surface area (TPSA) is 111 Å². The molecule has 10 heteroatoms. The smallest absolute Gasteiger partial charge is 0.243 e. The lowest BCUT2D eigenvalue weighted by Crippen LogP contribution is -2.53. The van der Waals surface area contributed by atoms with Gasteiger partial charge in [-0.3, -0.25) is 10.2 Å². The predicted octanol–water partition coefficient (Wildman–Crippen LogP) is 1.93. The summed E-state index contributed by atoms with van der Waals surface area (Å²) in [5.41, 5.74) is 5.52. The highest BCUT2D eigenvalue weighted by atomic mass is 35.5. The second kappa shape index (κ2) is 8.64. The van der Waals surface area contributed by atoms with Gasteiger partial charge in [0.2, 0.25) is 15.9 Å². The minimum Gasteiger partial charge on any atom is -0.370 e. The molecule has 0 spiro atoms. The molecule has 3 N–H and O–H groups in total. The number of hydrogen-bond acceptors (Lipinski definition) is 4. The molecule has 2 fully saturated rings. The molecule has 2 aromatic rings. The van der Waals surface area contributed by atoms with E-state index in [0.717, 1.165) is 10.8 Å². The number of benzene rings is 2. The van der Waals surface area contributed by atoms with Crippen molar-refractivity contribution in [1.29, 1.82) is 5.41 Å². The summed E-state index contributed by atoms with van der Waals surface area (Å²) in [7, 11) is -3.64. The van der Waals surface area contributed by atoms with Crippen molar-refractivity contribution in [2.24, 2.45) is 11.7 Å². The zero-order valence-corrected chi connectivity index (χ0v) is 18.7. The molecule has 2 saturated heterocycles. The summed E-state index contributed by atoms with van der Waals surface area (Å²) < 4.78 is 27.7. The number of fused-ring (bicyclic) bond motifs is 1. The van der Waals surface area contributed by atoms with Gasteiger partial charge in [0.05, 0.1) is 4.90 Å². The number of nitrogens with two attached hydrogens (primary N) is 1. The highest BCUT2D eigenvalue weighted by Gasteiger charge is 2.34. The fourth-order valence-electron chi connectivity index (χ4n) is 4.28. The van der Waals surface area contributed by atoms with Gasteiger partial charge in [0.25, 0.3) is 0 Å². The zero-order chi connectivity index (χ0) is 22.2. The molecule has 2 aliphatic heterocycles. The van der Waals surface area contributed by atoms with Gasteiger partial charge in [-0.05, 0) is 47.9 Å². The average molecular weight is 464 g/mol. The minimum atomic E-state index is -3.64. The Hall–Kier alpha value is -2.36. The van der Waals surface area contributed by atoms with Crippen LogP contribution < -0.4 is 5.73 Å². The van der Waals surface area contributed by atoms with Crippen molar-refractivity contribution in [1.82, 2.24) is 14.1 Å². The lowest BCUT2D eigenvalue weighted by atomic mass is 9.95. The summed E-state index contributed by atoms with van der Waals surface area (Å²) in [6.45, 7) is 2.53. The first kappa shape index (κ1) is 21.9. The molecule has 4 rings (SSSR count). The van der Waals surface area contributed by atoms with Crippen molar-refractivity contribution < 1.29 is 13.2 Å². The van der Waals surface area contributed by atoms with E-state index in [0.29, 0.717) is 44.0 Å². The lowest BCUT2D eigenvalue weighted by Gasteiger charge is -2.38. The summed E-state index contributed by atoms with van der Waals surface area (Å²) in [5, 5.41) is 9.81. The number of nitrogens with zero attached hydrogens (tertiary/aromatic N) is 3. The average Bonchev–Trinajstić information content (AvgIpc) is 2.78. The Morgan fingerprint density at radius 1 is 0.935 bits per heavy atom. The van der Waals surface area contributed by atoms with Crippen LogP contribution >= 0.6 is 11.6 Å². The van der Waals surface area contributed by atoms with Crippen LogP contribution in [0.15, 0.2) is 41.3 Å². The molecule has 1 amide bonds. The molecule has 0 atom stereocenters. The van der Waals surface area contributed by atoms with E-state index in [2.05, 4.69) is 0 Å². The highest BCUT2D eigenvalue weighted by molar-refractivity contribution is 7.89. The molecule has 8 nitrogen and oxygen atoms in total. The van der Waals surface area contributed by atoms with E-state index < -0.39 is 10.0 Å². The normalized spacial score (nSPS) is 19.0. The molecule has 0 saturated carbocycles. The first-order valence-corrected chi connectivity index (χ1v) is 12.1. The van der Waals surface area contributed by atoms with Crippen LogP contribution in [0.3, 0.4) is 0 Å². The molecule has 2 aliphatic rings. The summed E-state index contributed by atoms with van der Waals surface area (Å²) in [5.74, 6) is 0.0235. The van der Waals surface area contributed by atoms with Gasteiger partial charge in [-0.1, -0.05) is 23.7 Å². The molecule has 166 valence electrons. The van der Waals surface area contributed by atoms with Crippen LogP contribution in [-0.2, 0) is 14.8 Å². The van der Waals surface area contributed by atoms with Gasteiger partial charge in [-0.2, -0.15) is 4.31 Å². The first-order chi connectivity index (χ1) is 14.8. The largest absolute Gasteiger partial charge is 0.370 e. The molecule has 0 aliphatic carbocycles. The number of guanidine groups is 1. The Morgan fingerprint density at radius 3 is 2.19 bits per heavy atom. The Bertz CT molecular complexity index is 1110. The van der Waals surface area contributed by atoms with E-state index in [4.69, 9.17) is 22.7 Å². The number of piperazine rings is 1. The van der Waals surface area contributed by atoms with Crippen molar-refractivity contribution in [3.8, 4) is 0 Å². The van der Waals surface area contributed by atoms with E-state index in [1.54, 1.807) is 40.1 Å². The van der Waals surface area contributed by atoms with Crippen molar-refractivity contribution in [2.75, 3.05) is 39.3 Å². The van der Waals surface area contributed by atoms with Crippen LogP contribution in [0.2, 0.25) is 5.02 Å². The van der Waals surface area contributed by atoms with Gasteiger partial charge in [0.1, 0.15) is 0 Å². The van der Waals surface area contributed by atoms with Gasteiger partial charge in [-0.25, -0.2) is 8.42 Å². The number of likely N-dealkylation sites (tertiary alicyclic amines) is 1. The number of halogens is 1. The van der Waals surface area contributed by atoms with Crippen molar-refractivity contribution in [3.63, 3.8) is 0 Å². The van der Waals surface area contributed by atoms with Gasteiger partial charge >= 0.3 is 0 Å². The summed E-state index contributed by atoms with van der Waals surface area (Å²) >= 11 is 6.01. The Morgan fingerprint density at radius 2 is 1.55 bits per heavy atom. The molecule has 31 heavy (non-hydrogen) atoms. The number of amides is 1. The van der Waals surface area contributed by atoms with Crippen LogP contribution in [0, 0.1) is 11.3 Å². The fourth-order valence-corrected chi connectivity index (χ4v) is 5.92. The first-order valence-electron chi connectivity index (χ1n) is 10.3. The van der Waals surface area contributed by atoms with E-state index in [1.165, 1.54) is 4.31 Å². The summed E-state index contributed by atoms with van der Waals surface area (Å²) in [6.07, 6.45) is 1.33. The second-order valence-electron chi connectivity index (χ2n) is 8.03. The second-order valence-corrected chi connectivity index (χ2v) is 10.4. The molecular weight excluding hydrogens is 438 g/mol. The van der Waals surface area contributed by atoms with Crippen LogP contribution in [0.25, 0.3) is 10.8 Å². The molecule has 0 radical (unpaired) electrons. The third-order valence-electron chi connectivity index (χ3n) is 6.15. The Kier molecular flexibility index (Phi) is 6.09. The molecular formula is C21H26ClN5O3S. The van der Waals surface area contributed by atoms with Gasteiger partial charge in [-0.15, -0.1) is 0 Å². The van der Waals surface area contributed by atoms with E-state index in [1.807, 2.05) is 6.07 Å². The van der Waals surface area contributed by atoms with E-state index in [9.17, 15) is 13.2 Å². The zero-order valence-electron chi connectivity index (χ0n) is 17.1. The quantitative estimate of drug-likeness (QED) is 0.533. The maximum absolute atomic E-state index is 13.1. The third kappa shape index (κ3) is 4.49. The Balaban J connectivity index is 1.39. The molecule has 0 bridgehead atoms. The van der Waals surface area contributed by atoms with Crippen LogP contribution in [0.1, 0.15) is 12.8 Å². The maximum Gasteiger partial charge on any atom is 0.243 e. The number of hydrogen-bond donors (Lipinski definition) is 2. The van der Waals surface area contributed by atoms with E-state index >= 15 is 0 Å². The van der Waals surface area contributed by atoms with Crippen LogP contribution in [0.5, 0.6) is 0 Å². The number of nitrogens with one attached hydrogen (secondary N) is 1. The van der Waals surface area contributed by atoms with Crippen LogP contribution in [0.4, 0.5) is 0 Å². The summed E-state index contributed by atoms with van der Waals surface area (Å²) in [4.78, 5) is 16.7. The number of sulfonamides is 1. The van der Waals surface area contributed by atoms with Gasteiger partial charge < -0.3 is 15.5 Å². The van der Waals surface area contributed by atoms with Gasteiger partial charge in [0.15, 0.2) is 5.96 Å². The standard InChI is InChI=1S/C21H26ClN5O3S/c22-18-3-1-17-14-19(4-2-16(17)13-18)31(29,30)27-11-9-25(10-12-27)20(28)15-5-7-26(8-6-15)21(23)24/h1-4,13-15H,5-12H2,(H3,23,24). The third-order valence-corrected chi connectivity index (χ3v) is 8.28. The Labute approximate surface area is 187 Å². The van der Waals surface area contributed by atoms with Crippen molar-refractivity contribution in [3.05, 3.63) is 41.4 Å². The van der Waals surface area contributed by atoms with Crippen molar-refractivity contribution >= 4 is 44.3 Å². The number of piperidine rings is 1. The molecule has 0 aromatic heterocycles. The molecule has 2 heterocycles. The fraction of sp³-hybridized carbons (Fsp3) is 0.429.